The van der Waals surface area contributed by atoms with Gasteiger partial charge in [-0.15, -0.1) is 0 Å². The summed E-state index contributed by atoms with van der Waals surface area (Å²) in [5.41, 5.74) is 0. The third kappa shape index (κ3) is 51.1. The average molecular weight is 915 g/mol. The molecule has 0 fully saturated rings. The Labute approximate surface area is 406 Å². The van der Waals surface area contributed by atoms with Gasteiger partial charge in [-0.2, -0.15) is 0 Å². The van der Waals surface area contributed by atoms with E-state index in [4.69, 9.17) is 14.2 Å². The van der Waals surface area contributed by atoms with Gasteiger partial charge in [0.1, 0.15) is 13.2 Å². The summed E-state index contributed by atoms with van der Waals surface area (Å²) in [6.45, 7) is 6.48. The predicted octanol–water partition coefficient (Wildman–Crippen LogP) is 17.9. The van der Waals surface area contributed by atoms with Gasteiger partial charge < -0.3 is 14.2 Å². The molecular weight excluding hydrogens is 817 g/mol. The van der Waals surface area contributed by atoms with E-state index in [0.29, 0.717) is 19.3 Å². The summed E-state index contributed by atoms with van der Waals surface area (Å²) in [6, 6.07) is 0. The zero-order valence-electron chi connectivity index (χ0n) is 42.7. The van der Waals surface area contributed by atoms with E-state index < -0.39 is 6.10 Å². The monoisotopic (exact) mass is 915 g/mol. The van der Waals surface area contributed by atoms with Crippen molar-refractivity contribution in [2.24, 2.45) is 0 Å². The summed E-state index contributed by atoms with van der Waals surface area (Å²) in [7, 11) is 0. The van der Waals surface area contributed by atoms with Gasteiger partial charge in [-0.3, -0.25) is 14.4 Å². The average Bonchev–Trinajstić information content (AvgIpc) is 3.31. The van der Waals surface area contributed by atoms with Gasteiger partial charge in [-0.05, 0) is 96.3 Å². The van der Waals surface area contributed by atoms with Crippen LogP contribution < -0.4 is 0 Å². The summed E-state index contributed by atoms with van der Waals surface area (Å²) in [5, 5.41) is 0. The maximum Gasteiger partial charge on any atom is 0.306 e. The Morgan fingerprint density at radius 3 is 0.894 bits per heavy atom. The molecule has 1 atom stereocenters. The summed E-state index contributed by atoms with van der Waals surface area (Å²) in [6.07, 6.45) is 72.0. The Kier molecular flexibility index (Phi) is 50.5. The maximum absolute atomic E-state index is 12.8. The van der Waals surface area contributed by atoms with Gasteiger partial charge in [-0.1, -0.05) is 226 Å². The van der Waals surface area contributed by atoms with Crippen LogP contribution in [0.1, 0.15) is 233 Å². The maximum atomic E-state index is 12.8. The Balaban J connectivity index is 4.51. The highest BCUT2D eigenvalue weighted by Crippen LogP contribution is 2.13. The number of carbonyl (C=O) groups is 3. The fourth-order valence-corrected chi connectivity index (χ4v) is 7.05. The molecular formula is C60H98O6. The molecule has 0 heterocycles. The van der Waals surface area contributed by atoms with E-state index in [9.17, 15) is 14.4 Å². The molecule has 0 spiro atoms. The zero-order chi connectivity index (χ0) is 47.9. The van der Waals surface area contributed by atoms with E-state index in [0.717, 1.165) is 122 Å². The second-order valence-corrected chi connectivity index (χ2v) is 17.6. The van der Waals surface area contributed by atoms with Gasteiger partial charge in [0.05, 0.1) is 0 Å². The number of unbranched alkanes of at least 4 members (excludes halogenated alkanes) is 24. The first kappa shape index (κ1) is 62.1. The van der Waals surface area contributed by atoms with Crippen LogP contribution in [0.25, 0.3) is 0 Å². The number of hydrogen-bond acceptors (Lipinski definition) is 6. The highest BCUT2D eigenvalue weighted by molar-refractivity contribution is 5.71. The molecule has 0 saturated carbocycles. The Bertz CT molecular complexity index is 1370. The molecule has 6 heteroatoms. The van der Waals surface area contributed by atoms with Crippen molar-refractivity contribution < 1.29 is 28.6 Å². The Hall–Kier alpha value is -3.93. The first-order valence-corrected chi connectivity index (χ1v) is 27.0. The minimum Gasteiger partial charge on any atom is -0.462 e. The third-order valence-electron chi connectivity index (χ3n) is 11.2. The van der Waals surface area contributed by atoms with Crippen LogP contribution in [0.4, 0.5) is 0 Å². The molecule has 66 heavy (non-hydrogen) atoms. The van der Waals surface area contributed by atoms with Gasteiger partial charge in [0.2, 0.25) is 0 Å². The molecule has 0 aliphatic rings. The molecule has 0 aromatic heterocycles. The molecule has 0 bridgehead atoms. The number of ether oxygens (including phenoxy) is 3. The van der Waals surface area contributed by atoms with Crippen LogP contribution in [-0.2, 0) is 28.6 Å². The fourth-order valence-electron chi connectivity index (χ4n) is 7.05. The number of rotatable bonds is 47. The van der Waals surface area contributed by atoms with Crippen molar-refractivity contribution in [2.45, 2.75) is 239 Å². The number of allylic oxidation sites excluding steroid dienone is 18. The lowest BCUT2D eigenvalue weighted by Crippen LogP contribution is -2.30. The first-order valence-electron chi connectivity index (χ1n) is 27.0. The van der Waals surface area contributed by atoms with Gasteiger partial charge in [0.15, 0.2) is 6.10 Å². The number of carbonyl (C=O) groups excluding carboxylic acids is 3. The van der Waals surface area contributed by atoms with Crippen LogP contribution in [0.2, 0.25) is 0 Å². The van der Waals surface area contributed by atoms with E-state index >= 15 is 0 Å². The minimum absolute atomic E-state index is 0.102. The largest absolute Gasteiger partial charge is 0.462 e. The van der Waals surface area contributed by atoms with E-state index in [1.54, 1.807) is 0 Å². The van der Waals surface area contributed by atoms with Crippen molar-refractivity contribution in [1.29, 1.82) is 0 Å². The predicted molar refractivity (Wildman–Crippen MR) is 283 cm³/mol. The van der Waals surface area contributed by atoms with Crippen LogP contribution in [0.15, 0.2) is 109 Å². The van der Waals surface area contributed by atoms with Crippen molar-refractivity contribution in [3.05, 3.63) is 109 Å². The number of esters is 3. The fraction of sp³-hybridized carbons (Fsp3) is 0.650. The standard InChI is InChI=1S/C60H98O6/c1-4-7-10-13-16-19-22-25-27-29-31-33-35-38-41-44-47-50-53-59(62)65-56-57(55-64-58(61)52-49-46-43-40-37-24-21-18-15-12-9-6-3)66-60(63)54-51-48-45-42-39-36-34-32-30-28-26-23-20-17-14-11-8-5-2/h16-23,25-34,57H,4-15,24,35-56H2,1-3H3/b19-16-,20-17-,21-18-,25-22-,26-23-,29-27-,30-28-,33-31-,34-32-. The molecule has 0 radical (unpaired) electrons. The van der Waals surface area contributed by atoms with Gasteiger partial charge in [0, 0.05) is 19.3 Å². The van der Waals surface area contributed by atoms with Crippen LogP contribution in [0.3, 0.4) is 0 Å². The molecule has 6 nitrogen and oxygen atoms in total. The van der Waals surface area contributed by atoms with Crippen LogP contribution in [0.5, 0.6) is 0 Å². The van der Waals surface area contributed by atoms with E-state index in [2.05, 4.69) is 130 Å². The highest BCUT2D eigenvalue weighted by atomic mass is 16.6. The second kappa shape index (κ2) is 53.7. The molecule has 0 aromatic carbocycles. The quantitative estimate of drug-likeness (QED) is 0.0199. The van der Waals surface area contributed by atoms with Crippen molar-refractivity contribution in [2.75, 3.05) is 13.2 Å². The lowest BCUT2D eigenvalue weighted by Gasteiger charge is -2.18. The third-order valence-corrected chi connectivity index (χ3v) is 11.2. The SMILES string of the molecule is CCCCC\C=C/C=C\C=C/C=C\CCCCCCCC(=O)OCC(COC(=O)CCCCCCC/C=C\CCCCC)OC(=O)CCCCCCC\C=C/C=C\C=C/C=C\CCCCC. The van der Waals surface area contributed by atoms with Crippen LogP contribution >= 0.6 is 0 Å². The number of hydrogen-bond donors (Lipinski definition) is 0. The van der Waals surface area contributed by atoms with Gasteiger partial charge >= 0.3 is 17.9 Å². The molecule has 0 aliphatic carbocycles. The van der Waals surface area contributed by atoms with E-state index in [1.807, 2.05) is 0 Å². The first-order chi connectivity index (χ1) is 32.5. The van der Waals surface area contributed by atoms with Crippen LogP contribution in [0, 0.1) is 0 Å². The van der Waals surface area contributed by atoms with E-state index in [-0.39, 0.29) is 31.1 Å². The van der Waals surface area contributed by atoms with Crippen molar-refractivity contribution in [3.8, 4) is 0 Å². The topological polar surface area (TPSA) is 78.9 Å². The summed E-state index contributed by atoms with van der Waals surface area (Å²) >= 11 is 0. The lowest BCUT2D eigenvalue weighted by molar-refractivity contribution is -0.167. The molecule has 1 unspecified atom stereocenters. The lowest BCUT2D eigenvalue weighted by atomic mass is 10.1. The van der Waals surface area contributed by atoms with Crippen molar-refractivity contribution >= 4 is 17.9 Å². The molecule has 0 rings (SSSR count). The molecule has 0 amide bonds. The zero-order valence-corrected chi connectivity index (χ0v) is 42.7. The molecule has 374 valence electrons. The Morgan fingerprint density at radius 1 is 0.303 bits per heavy atom. The molecule has 0 saturated heterocycles. The Morgan fingerprint density at radius 2 is 0.561 bits per heavy atom. The van der Waals surface area contributed by atoms with E-state index in [1.165, 1.54) is 70.6 Å². The smallest absolute Gasteiger partial charge is 0.306 e. The minimum atomic E-state index is -0.806. The van der Waals surface area contributed by atoms with Crippen LogP contribution in [-0.4, -0.2) is 37.2 Å². The highest BCUT2D eigenvalue weighted by Gasteiger charge is 2.19. The molecule has 0 aliphatic heterocycles. The van der Waals surface area contributed by atoms with Crippen molar-refractivity contribution in [1.82, 2.24) is 0 Å². The van der Waals surface area contributed by atoms with Gasteiger partial charge in [-0.25, -0.2) is 0 Å². The second-order valence-electron chi connectivity index (χ2n) is 17.6. The summed E-state index contributed by atoms with van der Waals surface area (Å²) < 4.78 is 16.8. The summed E-state index contributed by atoms with van der Waals surface area (Å²) in [5.74, 6) is -0.961. The van der Waals surface area contributed by atoms with Gasteiger partial charge in [0.25, 0.3) is 0 Å². The molecule has 0 aromatic rings. The molecule has 0 N–H and O–H groups in total. The summed E-state index contributed by atoms with van der Waals surface area (Å²) in [4.78, 5) is 38.0. The normalized spacial score (nSPS) is 13.0. The van der Waals surface area contributed by atoms with Crippen molar-refractivity contribution in [3.63, 3.8) is 0 Å².